The molecule has 0 saturated heterocycles. The van der Waals surface area contributed by atoms with E-state index in [2.05, 4.69) is 37.9 Å². The van der Waals surface area contributed by atoms with Gasteiger partial charge in [-0.05, 0) is 0 Å². The van der Waals surface area contributed by atoms with Gasteiger partial charge in [0.05, 0.1) is 0 Å². The summed E-state index contributed by atoms with van der Waals surface area (Å²) < 4.78 is -0.616. The summed E-state index contributed by atoms with van der Waals surface area (Å²) in [5, 5.41) is 8.26. The third-order valence-electron chi connectivity index (χ3n) is 0.447. The lowest BCUT2D eigenvalue weighted by Crippen LogP contribution is -2.04. The van der Waals surface area contributed by atoms with Crippen LogP contribution in [0.1, 0.15) is 6.42 Å². The summed E-state index contributed by atoms with van der Waals surface area (Å²) in [6.07, 6.45) is 0.488. The molecule has 0 amide bonds. The van der Waals surface area contributed by atoms with Crippen LogP contribution < -0.4 is 0 Å². The van der Waals surface area contributed by atoms with Gasteiger partial charge in [0.2, 0.25) is 0 Å². The Morgan fingerprint density at radius 2 is 1.71 bits per heavy atom. The van der Waals surface area contributed by atoms with Crippen LogP contribution in [0.4, 0.5) is 0 Å². The maximum Gasteiger partial charge on any atom is 0.100 e. The number of rotatable bonds is 2. The average Bonchev–Trinajstić information content (AvgIpc) is 1.30. The number of thiol groups is 3. The second-order valence-corrected chi connectivity index (χ2v) is 4.60. The lowest BCUT2D eigenvalue weighted by atomic mass is 10.5. The second-order valence-electron chi connectivity index (χ2n) is 1.25. The summed E-state index contributed by atoms with van der Waals surface area (Å²) in [5.74, 6) is 0. The fourth-order valence-corrected chi connectivity index (χ4v) is 0.450. The highest BCUT2D eigenvalue weighted by molar-refractivity contribution is 8.16. The quantitative estimate of drug-likeness (QED) is 0.344. The molecule has 0 rings (SSSR count). The van der Waals surface area contributed by atoms with E-state index in [1.807, 2.05) is 0 Å². The first kappa shape index (κ1) is 8.01. The highest BCUT2D eigenvalue weighted by Gasteiger charge is 2.10. The molecule has 0 bridgehead atoms. The molecule has 0 heterocycles. The van der Waals surface area contributed by atoms with Crippen molar-refractivity contribution in [3.63, 3.8) is 0 Å². The van der Waals surface area contributed by atoms with E-state index in [1.165, 1.54) is 0 Å². The van der Waals surface area contributed by atoms with Crippen molar-refractivity contribution >= 4 is 37.9 Å². The Bertz CT molecular complexity index is 48.6. The molecule has 7 heavy (non-hydrogen) atoms. The van der Waals surface area contributed by atoms with Crippen molar-refractivity contribution in [3.8, 4) is 0 Å². The van der Waals surface area contributed by atoms with Crippen LogP contribution in [0.3, 0.4) is 0 Å². The van der Waals surface area contributed by atoms with Crippen LogP contribution in [0.25, 0.3) is 0 Å². The van der Waals surface area contributed by atoms with Crippen LogP contribution in [0.5, 0.6) is 0 Å². The first-order chi connectivity index (χ1) is 3.06. The van der Waals surface area contributed by atoms with E-state index >= 15 is 0 Å². The zero-order valence-electron chi connectivity index (χ0n) is 3.70. The third-order valence-corrected chi connectivity index (χ3v) is 1.12. The number of hydrogen-bond donors (Lipinski definition) is 4. The molecular weight excluding hydrogens is 148 g/mol. The molecule has 0 aliphatic heterocycles. The monoisotopic (exact) mass is 156 g/mol. The van der Waals surface area contributed by atoms with Crippen molar-refractivity contribution in [1.29, 1.82) is 0 Å². The van der Waals surface area contributed by atoms with Crippen LogP contribution >= 0.6 is 37.9 Å². The predicted octanol–water partition coefficient (Wildman–Crippen LogP) is 0.812. The molecule has 0 atom stereocenters. The zero-order chi connectivity index (χ0) is 5.91. The molecule has 0 aliphatic carbocycles. The Balaban J connectivity index is 3.15. The number of hydrogen-bond acceptors (Lipinski definition) is 4. The van der Waals surface area contributed by atoms with Gasteiger partial charge in [0.25, 0.3) is 0 Å². The van der Waals surface area contributed by atoms with Crippen molar-refractivity contribution < 1.29 is 5.11 Å². The van der Waals surface area contributed by atoms with E-state index < -0.39 is 3.41 Å². The molecule has 0 radical (unpaired) electrons. The molecule has 1 N–H and O–H groups in total. The molecule has 0 aromatic rings. The lowest BCUT2D eigenvalue weighted by molar-refractivity contribution is 0.292. The summed E-state index contributed by atoms with van der Waals surface area (Å²) in [6.45, 7) is 0.0799. The van der Waals surface area contributed by atoms with E-state index in [4.69, 9.17) is 5.11 Å². The Hall–Kier alpha value is 1.01. The van der Waals surface area contributed by atoms with E-state index in [1.54, 1.807) is 0 Å². The molecule has 0 aromatic heterocycles. The average molecular weight is 156 g/mol. The van der Waals surface area contributed by atoms with Gasteiger partial charge in [-0.25, -0.2) is 0 Å². The van der Waals surface area contributed by atoms with E-state index in [0.29, 0.717) is 6.42 Å². The number of aliphatic hydroxyl groups is 1. The minimum absolute atomic E-state index is 0.0799. The molecule has 0 saturated carbocycles. The Morgan fingerprint density at radius 1 is 1.29 bits per heavy atom. The molecule has 4 heteroatoms. The smallest absolute Gasteiger partial charge is 0.100 e. The Morgan fingerprint density at radius 3 is 1.71 bits per heavy atom. The minimum Gasteiger partial charge on any atom is -0.396 e. The highest BCUT2D eigenvalue weighted by Crippen LogP contribution is 2.27. The predicted molar refractivity (Wildman–Crippen MR) is 41.4 cm³/mol. The van der Waals surface area contributed by atoms with Crippen molar-refractivity contribution in [2.75, 3.05) is 6.61 Å². The summed E-state index contributed by atoms with van der Waals surface area (Å²) in [4.78, 5) is 0. The van der Waals surface area contributed by atoms with Gasteiger partial charge in [0.15, 0.2) is 0 Å². The fraction of sp³-hybridized carbons (Fsp3) is 1.00. The van der Waals surface area contributed by atoms with Gasteiger partial charge in [0.1, 0.15) is 3.41 Å². The maximum absolute atomic E-state index is 8.26. The third kappa shape index (κ3) is 7.01. The van der Waals surface area contributed by atoms with E-state index in [-0.39, 0.29) is 6.61 Å². The maximum atomic E-state index is 8.26. The summed E-state index contributed by atoms with van der Waals surface area (Å²) in [7, 11) is 0. The molecular formula is C3H8OS3. The van der Waals surface area contributed by atoms with Crippen LogP contribution in [0, 0.1) is 0 Å². The summed E-state index contributed by atoms with van der Waals surface area (Å²) in [5.41, 5.74) is 0. The van der Waals surface area contributed by atoms with Gasteiger partial charge < -0.3 is 5.11 Å². The zero-order valence-corrected chi connectivity index (χ0v) is 6.39. The normalized spacial score (nSPS) is 12.0. The highest BCUT2D eigenvalue weighted by atomic mass is 32.2. The van der Waals surface area contributed by atoms with Gasteiger partial charge in [-0.3, -0.25) is 0 Å². The molecule has 0 unspecified atom stereocenters. The second kappa shape index (κ2) is 3.12. The van der Waals surface area contributed by atoms with Crippen LogP contribution in [0.2, 0.25) is 0 Å². The first-order valence-corrected chi connectivity index (χ1v) is 3.18. The van der Waals surface area contributed by atoms with Crippen molar-refractivity contribution in [2.24, 2.45) is 0 Å². The number of aliphatic hydroxyl groups excluding tert-OH is 1. The van der Waals surface area contributed by atoms with Gasteiger partial charge in [-0.15, -0.1) is 0 Å². The van der Waals surface area contributed by atoms with Gasteiger partial charge in [-0.2, -0.15) is 37.9 Å². The minimum atomic E-state index is -0.616. The largest absolute Gasteiger partial charge is 0.396 e. The van der Waals surface area contributed by atoms with Crippen molar-refractivity contribution in [3.05, 3.63) is 0 Å². The van der Waals surface area contributed by atoms with Gasteiger partial charge in [0, 0.05) is 13.0 Å². The van der Waals surface area contributed by atoms with Crippen molar-refractivity contribution in [1.82, 2.24) is 0 Å². The van der Waals surface area contributed by atoms with Crippen LogP contribution in [-0.4, -0.2) is 15.1 Å². The molecule has 0 spiro atoms. The molecule has 44 valence electrons. The van der Waals surface area contributed by atoms with E-state index in [0.717, 1.165) is 0 Å². The topological polar surface area (TPSA) is 20.2 Å². The Kier molecular flexibility index (Phi) is 3.57. The standard InChI is InChI=1S/C3H8OS3/c4-2-1-3(5,6)7/h4-7H,1-2H2. The Labute approximate surface area is 59.7 Å². The summed E-state index contributed by atoms with van der Waals surface area (Å²) in [6, 6.07) is 0. The first-order valence-electron chi connectivity index (χ1n) is 1.84. The van der Waals surface area contributed by atoms with E-state index in [9.17, 15) is 0 Å². The summed E-state index contributed by atoms with van der Waals surface area (Å²) >= 11 is 11.7. The van der Waals surface area contributed by atoms with Crippen LogP contribution in [-0.2, 0) is 0 Å². The van der Waals surface area contributed by atoms with Gasteiger partial charge in [-0.1, -0.05) is 0 Å². The fourth-order valence-electron chi connectivity index (χ4n) is 0.150. The van der Waals surface area contributed by atoms with Crippen molar-refractivity contribution in [2.45, 2.75) is 9.83 Å². The molecule has 0 aliphatic rings. The van der Waals surface area contributed by atoms with Gasteiger partial charge >= 0.3 is 0 Å². The SMILES string of the molecule is OCCC(S)(S)S. The lowest BCUT2D eigenvalue weighted by Gasteiger charge is -2.11. The van der Waals surface area contributed by atoms with Crippen LogP contribution in [0.15, 0.2) is 0 Å². The molecule has 1 nitrogen and oxygen atoms in total. The molecule has 0 aromatic carbocycles. The molecule has 0 fully saturated rings.